The van der Waals surface area contributed by atoms with E-state index in [1.807, 2.05) is 55.4 Å². The highest BCUT2D eigenvalue weighted by Gasteiger charge is 2.14. The molecule has 0 aliphatic carbocycles. The fourth-order valence-corrected chi connectivity index (χ4v) is 3.29. The molecule has 3 rings (SSSR count). The lowest BCUT2D eigenvalue weighted by molar-refractivity contribution is -0.114. The van der Waals surface area contributed by atoms with E-state index in [1.165, 1.54) is 6.33 Å². The van der Waals surface area contributed by atoms with Crippen LogP contribution in [0.1, 0.15) is 11.1 Å². The number of hydrogen-bond acceptors (Lipinski definition) is 5. The molecular weight excluding hydrogens is 308 g/mol. The number of para-hydroxylation sites is 1. The van der Waals surface area contributed by atoms with Crippen molar-refractivity contribution in [2.75, 3.05) is 23.8 Å². The Balaban J connectivity index is 1.76. The Kier molecular flexibility index (Phi) is 4.25. The largest absolute Gasteiger partial charge is 0.350 e. The standard InChI is InChI=1S/C17H18N4OS/c1-11-5-4-6-12(2)15(11)20-14(22)9-21(3)16-13-7-8-23-17(13)19-10-18-16/h4-8,10H,9H2,1-3H3,(H,20,22). The highest BCUT2D eigenvalue weighted by Crippen LogP contribution is 2.26. The number of carbonyl (C=O) groups is 1. The van der Waals surface area contributed by atoms with Crippen LogP contribution < -0.4 is 10.2 Å². The summed E-state index contributed by atoms with van der Waals surface area (Å²) in [5, 5.41) is 5.95. The van der Waals surface area contributed by atoms with E-state index in [1.54, 1.807) is 11.3 Å². The molecule has 0 spiro atoms. The molecule has 1 N–H and O–H groups in total. The summed E-state index contributed by atoms with van der Waals surface area (Å²) in [5.74, 6) is 0.708. The maximum atomic E-state index is 12.4. The number of thiophene rings is 1. The van der Waals surface area contributed by atoms with Crippen LogP contribution in [-0.2, 0) is 4.79 Å². The quantitative estimate of drug-likeness (QED) is 0.798. The minimum Gasteiger partial charge on any atom is -0.350 e. The fraction of sp³-hybridized carbons (Fsp3) is 0.235. The van der Waals surface area contributed by atoms with Gasteiger partial charge in [-0.25, -0.2) is 9.97 Å². The number of hydrogen-bond donors (Lipinski definition) is 1. The van der Waals surface area contributed by atoms with Crippen LogP contribution in [0.15, 0.2) is 36.0 Å². The Labute approximate surface area is 139 Å². The number of anilines is 2. The van der Waals surface area contributed by atoms with E-state index >= 15 is 0 Å². The van der Waals surface area contributed by atoms with Crippen molar-refractivity contribution in [2.45, 2.75) is 13.8 Å². The molecule has 1 aromatic carbocycles. The second-order valence-corrected chi connectivity index (χ2v) is 6.40. The number of aromatic nitrogens is 2. The van der Waals surface area contributed by atoms with Crippen molar-refractivity contribution in [3.05, 3.63) is 47.1 Å². The Hall–Kier alpha value is -2.47. The maximum Gasteiger partial charge on any atom is 0.243 e. The Bertz CT molecular complexity index is 838. The molecule has 0 atom stereocenters. The molecule has 118 valence electrons. The van der Waals surface area contributed by atoms with Crippen LogP contribution in [0.3, 0.4) is 0 Å². The van der Waals surface area contributed by atoms with Crippen molar-refractivity contribution in [1.29, 1.82) is 0 Å². The van der Waals surface area contributed by atoms with Crippen molar-refractivity contribution < 1.29 is 4.79 Å². The molecule has 0 radical (unpaired) electrons. The number of nitrogens with zero attached hydrogens (tertiary/aromatic N) is 3. The van der Waals surface area contributed by atoms with Crippen LogP contribution in [0.2, 0.25) is 0 Å². The predicted molar refractivity (Wildman–Crippen MR) is 95.2 cm³/mol. The van der Waals surface area contributed by atoms with Gasteiger partial charge >= 0.3 is 0 Å². The van der Waals surface area contributed by atoms with E-state index in [9.17, 15) is 4.79 Å². The van der Waals surface area contributed by atoms with Gasteiger partial charge in [-0.3, -0.25) is 4.79 Å². The van der Waals surface area contributed by atoms with Gasteiger partial charge in [-0.2, -0.15) is 0 Å². The van der Waals surface area contributed by atoms with E-state index in [2.05, 4.69) is 15.3 Å². The maximum absolute atomic E-state index is 12.4. The van der Waals surface area contributed by atoms with E-state index in [0.29, 0.717) is 0 Å². The average molecular weight is 326 g/mol. The number of rotatable bonds is 4. The molecule has 2 heterocycles. The van der Waals surface area contributed by atoms with Gasteiger partial charge in [0.15, 0.2) is 0 Å². The molecule has 0 aliphatic heterocycles. The summed E-state index contributed by atoms with van der Waals surface area (Å²) >= 11 is 1.57. The number of amides is 1. The van der Waals surface area contributed by atoms with Gasteiger partial charge in [0, 0.05) is 12.7 Å². The molecule has 3 aromatic rings. The lowest BCUT2D eigenvalue weighted by atomic mass is 10.1. The second kappa shape index (κ2) is 6.34. The number of nitrogens with one attached hydrogen (secondary N) is 1. The third kappa shape index (κ3) is 3.17. The first-order valence-corrected chi connectivity index (χ1v) is 8.19. The molecular formula is C17H18N4OS. The van der Waals surface area contributed by atoms with Crippen molar-refractivity contribution in [1.82, 2.24) is 9.97 Å². The first kappa shape index (κ1) is 15.4. The van der Waals surface area contributed by atoms with Crippen molar-refractivity contribution in [3.63, 3.8) is 0 Å². The van der Waals surface area contributed by atoms with Gasteiger partial charge in [-0.15, -0.1) is 11.3 Å². The minimum absolute atomic E-state index is 0.0631. The van der Waals surface area contributed by atoms with Crippen LogP contribution in [0.25, 0.3) is 10.2 Å². The zero-order valence-corrected chi connectivity index (χ0v) is 14.1. The molecule has 0 aliphatic rings. The average Bonchev–Trinajstić information content (AvgIpc) is 2.99. The molecule has 0 unspecified atom stereocenters. The summed E-state index contributed by atoms with van der Waals surface area (Å²) in [6.45, 7) is 4.22. The van der Waals surface area contributed by atoms with E-state index in [4.69, 9.17) is 0 Å². The molecule has 1 amide bonds. The molecule has 0 saturated heterocycles. The van der Waals surface area contributed by atoms with Gasteiger partial charge in [0.1, 0.15) is 17.0 Å². The summed E-state index contributed by atoms with van der Waals surface area (Å²) in [6, 6.07) is 7.95. The van der Waals surface area contributed by atoms with Crippen LogP contribution in [0.4, 0.5) is 11.5 Å². The van der Waals surface area contributed by atoms with Gasteiger partial charge in [0.2, 0.25) is 5.91 Å². The molecule has 2 aromatic heterocycles. The molecule has 0 bridgehead atoms. The van der Waals surface area contributed by atoms with Crippen LogP contribution in [-0.4, -0.2) is 29.5 Å². The van der Waals surface area contributed by atoms with Gasteiger partial charge in [-0.05, 0) is 36.4 Å². The highest BCUT2D eigenvalue weighted by atomic mass is 32.1. The van der Waals surface area contributed by atoms with Crippen molar-refractivity contribution >= 4 is 39.0 Å². The summed E-state index contributed by atoms with van der Waals surface area (Å²) in [7, 11) is 1.86. The Morgan fingerprint density at radius 2 is 1.96 bits per heavy atom. The van der Waals surface area contributed by atoms with Gasteiger partial charge < -0.3 is 10.2 Å². The van der Waals surface area contributed by atoms with Crippen LogP contribution in [0.5, 0.6) is 0 Å². The zero-order valence-electron chi connectivity index (χ0n) is 13.3. The predicted octanol–water partition coefficient (Wildman–Crippen LogP) is 3.38. The number of likely N-dealkylation sites (N-methyl/N-ethyl adjacent to an activating group) is 1. The van der Waals surface area contributed by atoms with Gasteiger partial charge in [0.25, 0.3) is 0 Å². The lowest BCUT2D eigenvalue weighted by Crippen LogP contribution is -2.31. The Morgan fingerprint density at radius 3 is 2.70 bits per heavy atom. The molecule has 0 saturated carbocycles. The first-order valence-electron chi connectivity index (χ1n) is 7.31. The van der Waals surface area contributed by atoms with E-state index in [-0.39, 0.29) is 12.5 Å². The number of fused-ring (bicyclic) bond motifs is 1. The highest BCUT2D eigenvalue weighted by molar-refractivity contribution is 7.16. The van der Waals surface area contributed by atoms with Gasteiger partial charge in [-0.1, -0.05) is 18.2 Å². The van der Waals surface area contributed by atoms with E-state index < -0.39 is 0 Å². The fourth-order valence-electron chi connectivity index (χ4n) is 2.56. The van der Waals surface area contributed by atoms with Crippen LogP contribution in [0, 0.1) is 13.8 Å². The minimum atomic E-state index is -0.0631. The summed E-state index contributed by atoms with van der Waals surface area (Å²) in [4.78, 5) is 23.7. The molecule has 6 heteroatoms. The third-order valence-electron chi connectivity index (χ3n) is 3.73. The van der Waals surface area contributed by atoms with E-state index in [0.717, 1.165) is 32.8 Å². The Morgan fingerprint density at radius 1 is 1.22 bits per heavy atom. The smallest absolute Gasteiger partial charge is 0.243 e. The molecule has 23 heavy (non-hydrogen) atoms. The lowest BCUT2D eigenvalue weighted by Gasteiger charge is -2.19. The number of aryl methyl sites for hydroxylation is 2. The normalized spacial score (nSPS) is 10.7. The van der Waals surface area contributed by atoms with Crippen molar-refractivity contribution in [3.8, 4) is 0 Å². The zero-order chi connectivity index (χ0) is 16.4. The summed E-state index contributed by atoms with van der Waals surface area (Å²) in [5.41, 5.74) is 3.00. The molecule has 0 fully saturated rings. The number of benzene rings is 1. The number of carbonyl (C=O) groups excluding carboxylic acids is 1. The summed E-state index contributed by atoms with van der Waals surface area (Å²) < 4.78 is 0. The first-order chi connectivity index (χ1) is 11.1. The third-order valence-corrected chi connectivity index (χ3v) is 4.55. The van der Waals surface area contributed by atoms with Crippen LogP contribution >= 0.6 is 11.3 Å². The SMILES string of the molecule is Cc1cccc(C)c1NC(=O)CN(C)c1ncnc2sccc12. The summed E-state index contributed by atoms with van der Waals surface area (Å²) in [6.07, 6.45) is 1.54. The van der Waals surface area contributed by atoms with Crippen molar-refractivity contribution in [2.24, 2.45) is 0 Å². The second-order valence-electron chi connectivity index (χ2n) is 5.51. The monoisotopic (exact) mass is 326 g/mol. The topological polar surface area (TPSA) is 58.1 Å². The van der Waals surface area contributed by atoms with Gasteiger partial charge in [0.05, 0.1) is 11.9 Å². The molecule has 5 nitrogen and oxygen atoms in total.